The highest BCUT2D eigenvalue weighted by atomic mass is 16.5. The van der Waals surface area contributed by atoms with Crippen molar-refractivity contribution in [3.8, 4) is 22.8 Å². The predicted molar refractivity (Wildman–Crippen MR) is 90.7 cm³/mol. The second-order valence-electron chi connectivity index (χ2n) is 5.66. The molecule has 0 fully saturated rings. The number of H-pyrrole nitrogens is 1. The number of pyridine rings is 1. The molecule has 2 heterocycles. The summed E-state index contributed by atoms with van der Waals surface area (Å²) in [5.41, 5.74) is 1.88. The Kier molecular flexibility index (Phi) is 4.37. The lowest BCUT2D eigenvalue weighted by Gasteiger charge is -2.17. The van der Waals surface area contributed by atoms with Crippen LogP contribution >= 0.6 is 0 Å². The number of carboxylic acids is 1. The van der Waals surface area contributed by atoms with E-state index in [1.54, 1.807) is 6.07 Å². The Bertz CT molecular complexity index is 903. The fraction of sp³-hybridized carbons (Fsp3) is 0.294. The maximum absolute atomic E-state index is 12.1. The molecule has 3 rings (SSSR count). The summed E-state index contributed by atoms with van der Waals surface area (Å²) in [4.78, 5) is 25.8. The van der Waals surface area contributed by atoms with E-state index in [0.29, 0.717) is 12.0 Å². The molecule has 25 heavy (non-hydrogen) atoms. The molecule has 8 heteroatoms. The highest BCUT2D eigenvalue weighted by Crippen LogP contribution is 2.41. The molecule has 1 aliphatic heterocycles. The van der Waals surface area contributed by atoms with Gasteiger partial charge >= 0.3 is 5.97 Å². The van der Waals surface area contributed by atoms with Gasteiger partial charge in [0.15, 0.2) is 17.1 Å². The first-order chi connectivity index (χ1) is 12.0. The molecular formula is C17H18N2O6. The highest BCUT2D eigenvalue weighted by Gasteiger charge is 2.26. The Balaban J connectivity index is 2.31. The summed E-state index contributed by atoms with van der Waals surface area (Å²) in [6, 6.07) is 3.59. The Labute approximate surface area is 142 Å². The zero-order valence-corrected chi connectivity index (χ0v) is 13.5. The van der Waals surface area contributed by atoms with Gasteiger partial charge in [0.05, 0.1) is 12.8 Å². The second kappa shape index (κ2) is 6.48. The van der Waals surface area contributed by atoms with Crippen molar-refractivity contribution in [1.29, 1.82) is 0 Å². The molecule has 0 atom stereocenters. The molecule has 0 radical (unpaired) electrons. The minimum absolute atomic E-state index is 0.0881. The first-order valence-corrected chi connectivity index (χ1v) is 7.76. The van der Waals surface area contributed by atoms with Gasteiger partial charge in [0.2, 0.25) is 0 Å². The van der Waals surface area contributed by atoms with Gasteiger partial charge in [0.25, 0.3) is 5.56 Å². The highest BCUT2D eigenvalue weighted by molar-refractivity contribution is 5.93. The number of aromatic nitrogens is 1. The zero-order valence-electron chi connectivity index (χ0n) is 13.5. The Hall–Kier alpha value is -3.00. The maximum atomic E-state index is 12.1. The van der Waals surface area contributed by atoms with Crippen LogP contribution in [0.25, 0.3) is 11.3 Å². The monoisotopic (exact) mass is 346 g/mol. The summed E-state index contributed by atoms with van der Waals surface area (Å²) in [5, 5.41) is 32.0. The van der Waals surface area contributed by atoms with Gasteiger partial charge in [-0.25, -0.2) is 4.79 Å². The van der Waals surface area contributed by atoms with Crippen LogP contribution in [0.5, 0.6) is 11.5 Å². The maximum Gasteiger partial charge on any atom is 0.345 e. The van der Waals surface area contributed by atoms with E-state index in [2.05, 4.69) is 10.3 Å². The number of hydrogen-bond donors (Lipinski definition) is 5. The number of hydrogen-bond acceptors (Lipinski definition) is 6. The molecule has 0 amide bonds. The third-order valence-corrected chi connectivity index (χ3v) is 4.32. The first kappa shape index (κ1) is 16.8. The number of rotatable bonds is 5. The number of methoxy groups -OCH3 is 1. The molecule has 2 aromatic rings. The van der Waals surface area contributed by atoms with Crippen molar-refractivity contribution in [2.45, 2.75) is 12.8 Å². The standard InChI is InChI=1S/C17H18N2O6/c1-25-15-13(19-16(22)12(14(15)21)17(23)24)10-2-3-11-9(4-6-18-11)8(10)5-7-20/h2-3,18,20H,4-7H2,1H3,(H,23,24)(H2,19,21,22). The number of carbonyl (C=O) groups is 1. The Morgan fingerprint density at radius 2 is 2.12 bits per heavy atom. The molecule has 1 aromatic carbocycles. The van der Waals surface area contributed by atoms with E-state index >= 15 is 0 Å². The summed E-state index contributed by atoms with van der Waals surface area (Å²) in [7, 11) is 1.28. The average molecular weight is 346 g/mol. The van der Waals surface area contributed by atoms with Gasteiger partial charge in [-0.15, -0.1) is 0 Å². The molecule has 1 aliphatic rings. The van der Waals surface area contributed by atoms with Crippen molar-refractivity contribution in [1.82, 2.24) is 4.98 Å². The molecule has 0 aliphatic carbocycles. The van der Waals surface area contributed by atoms with Gasteiger partial charge in [-0.2, -0.15) is 0 Å². The van der Waals surface area contributed by atoms with Crippen LogP contribution in [-0.4, -0.2) is 46.5 Å². The van der Waals surface area contributed by atoms with Gasteiger partial charge in [-0.05, 0) is 30.0 Å². The summed E-state index contributed by atoms with van der Waals surface area (Å²) >= 11 is 0. The molecule has 1 aromatic heterocycles. The van der Waals surface area contributed by atoms with Gasteiger partial charge < -0.3 is 30.4 Å². The number of aromatic carboxylic acids is 1. The van der Waals surface area contributed by atoms with Crippen molar-refractivity contribution in [2.24, 2.45) is 0 Å². The molecule has 0 saturated heterocycles. The van der Waals surface area contributed by atoms with Crippen LogP contribution in [0.3, 0.4) is 0 Å². The zero-order chi connectivity index (χ0) is 18.1. The molecule has 5 N–H and O–H groups in total. The van der Waals surface area contributed by atoms with Crippen LogP contribution < -0.4 is 15.6 Å². The normalized spacial score (nSPS) is 12.6. The Morgan fingerprint density at radius 1 is 1.36 bits per heavy atom. The molecule has 8 nitrogen and oxygen atoms in total. The second-order valence-corrected chi connectivity index (χ2v) is 5.66. The lowest BCUT2D eigenvalue weighted by molar-refractivity contribution is 0.0691. The van der Waals surface area contributed by atoms with Gasteiger partial charge in [-0.1, -0.05) is 6.07 Å². The minimum Gasteiger partial charge on any atom is -0.503 e. The van der Waals surface area contributed by atoms with Crippen LogP contribution in [0.2, 0.25) is 0 Å². The number of fused-ring (bicyclic) bond motifs is 1. The number of carboxylic acid groups (broad SMARTS) is 1. The number of nitrogens with one attached hydrogen (secondary N) is 2. The molecule has 0 saturated carbocycles. The number of aliphatic hydroxyl groups is 1. The topological polar surface area (TPSA) is 132 Å². The van der Waals surface area contributed by atoms with Gasteiger partial charge in [0.1, 0.15) is 0 Å². The van der Waals surface area contributed by atoms with E-state index < -0.39 is 22.8 Å². The smallest absolute Gasteiger partial charge is 0.345 e. The number of benzene rings is 1. The van der Waals surface area contributed by atoms with Gasteiger partial charge in [-0.3, -0.25) is 4.79 Å². The van der Waals surface area contributed by atoms with Crippen LogP contribution in [0.15, 0.2) is 16.9 Å². The van der Waals surface area contributed by atoms with Gasteiger partial charge in [0, 0.05) is 24.4 Å². The summed E-state index contributed by atoms with van der Waals surface area (Å²) < 4.78 is 5.17. The van der Waals surface area contributed by atoms with Crippen molar-refractivity contribution in [2.75, 3.05) is 25.6 Å². The van der Waals surface area contributed by atoms with E-state index in [0.717, 1.165) is 29.8 Å². The Morgan fingerprint density at radius 3 is 2.76 bits per heavy atom. The largest absolute Gasteiger partial charge is 0.503 e. The third-order valence-electron chi connectivity index (χ3n) is 4.32. The van der Waals surface area contributed by atoms with Crippen LogP contribution in [0.4, 0.5) is 5.69 Å². The van der Waals surface area contributed by atoms with Crippen molar-refractivity contribution in [3.63, 3.8) is 0 Å². The fourth-order valence-corrected chi connectivity index (χ4v) is 3.26. The molecule has 0 spiro atoms. The number of ether oxygens (including phenoxy) is 1. The lowest BCUT2D eigenvalue weighted by atomic mass is 9.93. The SMILES string of the molecule is COc1c(-c2ccc3c(c2CCO)CCN3)[nH]c(=O)c(C(=O)O)c1O. The quantitative estimate of drug-likeness (QED) is 0.545. The summed E-state index contributed by atoms with van der Waals surface area (Å²) in [6.07, 6.45) is 1.12. The van der Waals surface area contributed by atoms with Crippen LogP contribution in [0.1, 0.15) is 21.5 Å². The van der Waals surface area contributed by atoms with Crippen LogP contribution in [0, 0.1) is 0 Å². The number of aromatic hydroxyl groups is 1. The van der Waals surface area contributed by atoms with E-state index in [-0.39, 0.29) is 18.1 Å². The van der Waals surface area contributed by atoms with Crippen molar-refractivity contribution in [3.05, 3.63) is 39.2 Å². The number of anilines is 1. The summed E-state index contributed by atoms with van der Waals surface area (Å²) in [6.45, 7) is 0.684. The molecule has 0 unspecified atom stereocenters. The van der Waals surface area contributed by atoms with Crippen LogP contribution in [-0.2, 0) is 12.8 Å². The molecule has 132 valence electrons. The predicted octanol–water partition coefficient (Wildman–Crippen LogP) is 0.957. The minimum atomic E-state index is -1.54. The lowest BCUT2D eigenvalue weighted by Crippen LogP contribution is -2.19. The number of aliphatic hydroxyl groups excluding tert-OH is 1. The van der Waals surface area contributed by atoms with Crippen molar-refractivity contribution >= 4 is 11.7 Å². The van der Waals surface area contributed by atoms with E-state index in [9.17, 15) is 19.8 Å². The van der Waals surface area contributed by atoms with E-state index in [1.165, 1.54) is 7.11 Å². The fourth-order valence-electron chi connectivity index (χ4n) is 3.26. The first-order valence-electron chi connectivity index (χ1n) is 7.76. The van der Waals surface area contributed by atoms with E-state index in [1.807, 2.05) is 6.07 Å². The van der Waals surface area contributed by atoms with Crippen molar-refractivity contribution < 1.29 is 24.9 Å². The third kappa shape index (κ3) is 2.70. The average Bonchev–Trinajstić information content (AvgIpc) is 3.03. The molecular weight excluding hydrogens is 328 g/mol. The number of aromatic amines is 1. The summed E-state index contributed by atoms with van der Waals surface area (Å²) in [5.74, 6) is -2.39. The molecule has 0 bridgehead atoms. The van der Waals surface area contributed by atoms with E-state index in [4.69, 9.17) is 9.84 Å².